The lowest BCUT2D eigenvalue weighted by Gasteiger charge is -2.34. The lowest BCUT2D eigenvalue weighted by Crippen LogP contribution is -2.50. The lowest BCUT2D eigenvalue weighted by atomic mass is 10.1. The fourth-order valence-corrected chi connectivity index (χ4v) is 1.68. The van der Waals surface area contributed by atoms with E-state index in [2.05, 4.69) is 5.32 Å². The van der Waals surface area contributed by atoms with Crippen molar-refractivity contribution in [2.24, 2.45) is 0 Å². The number of nitrogens with one attached hydrogen (secondary N) is 1. The first-order valence-corrected chi connectivity index (χ1v) is 6.19. The Balaban J connectivity index is 2.94. The van der Waals surface area contributed by atoms with Crippen LogP contribution in [0.4, 0.5) is 10.5 Å². The van der Waals surface area contributed by atoms with Crippen LogP contribution < -0.4 is 10.1 Å². The van der Waals surface area contributed by atoms with Gasteiger partial charge in [0.15, 0.2) is 0 Å². The van der Waals surface area contributed by atoms with Crippen LogP contribution in [0, 0.1) is 0 Å². The number of carboxylic acids is 1. The number of methoxy groups -OCH3 is 1. The molecule has 0 aliphatic carbocycles. The third-order valence-corrected chi connectivity index (χ3v) is 2.70. The van der Waals surface area contributed by atoms with Crippen molar-refractivity contribution in [2.45, 2.75) is 26.3 Å². The van der Waals surface area contributed by atoms with Crippen LogP contribution in [0.25, 0.3) is 0 Å². The number of hydrogen-bond donors (Lipinski definition) is 2. The predicted molar refractivity (Wildman–Crippen MR) is 76.1 cm³/mol. The number of nitrogens with zero attached hydrogens (tertiary/aromatic N) is 1. The Bertz CT molecular complexity index is 494. The zero-order chi connectivity index (χ0) is 15.3. The van der Waals surface area contributed by atoms with Crippen molar-refractivity contribution < 1.29 is 19.4 Å². The van der Waals surface area contributed by atoms with Gasteiger partial charge in [-0.15, -0.1) is 0 Å². The second-order valence-electron chi connectivity index (χ2n) is 5.28. The van der Waals surface area contributed by atoms with Crippen molar-refractivity contribution in [3.63, 3.8) is 0 Å². The highest BCUT2D eigenvalue weighted by Gasteiger charge is 2.28. The van der Waals surface area contributed by atoms with E-state index in [-0.39, 0.29) is 6.54 Å². The fourth-order valence-electron chi connectivity index (χ4n) is 1.68. The molecular weight excluding hydrogens is 260 g/mol. The van der Waals surface area contributed by atoms with Crippen LogP contribution >= 0.6 is 0 Å². The van der Waals surface area contributed by atoms with E-state index < -0.39 is 17.5 Å². The minimum Gasteiger partial charge on any atom is -0.495 e. The Hall–Kier alpha value is -2.24. The molecule has 0 saturated heterocycles. The molecule has 0 saturated carbocycles. The van der Waals surface area contributed by atoms with Gasteiger partial charge < -0.3 is 20.1 Å². The number of urea groups is 1. The van der Waals surface area contributed by atoms with Gasteiger partial charge in [-0.1, -0.05) is 12.1 Å². The van der Waals surface area contributed by atoms with E-state index in [1.165, 1.54) is 12.0 Å². The highest BCUT2D eigenvalue weighted by Crippen LogP contribution is 2.24. The van der Waals surface area contributed by atoms with Crippen LogP contribution in [0.5, 0.6) is 5.75 Å². The summed E-state index contributed by atoms with van der Waals surface area (Å²) >= 11 is 0. The summed E-state index contributed by atoms with van der Waals surface area (Å²) in [7, 11) is 1.50. The molecule has 0 heterocycles. The summed E-state index contributed by atoms with van der Waals surface area (Å²) in [5, 5.41) is 11.6. The summed E-state index contributed by atoms with van der Waals surface area (Å²) in [6.07, 6.45) is 0. The summed E-state index contributed by atoms with van der Waals surface area (Å²) in [4.78, 5) is 24.4. The second kappa shape index (κ2) is 6.27. The Labute approximate surface area is 118 Å². The van der Waals surface area contributed by atoms with Crippen molar-refractivity contribution >= 4 is 17.7 Å². The molecular formula is C14H20N2O4. The maximum absolute atomic E-state index is 12.3. The van der Waals surface area contributed by atoms with E-state index in [0.717, 1.165) is 0 Å². The van der Waals surface area contributed by atoms with Gasteiger partial charge in [0.05, 0.1) is 12.8 Å². The molecule has 0 bridgehead atoms. The van der Waals surface area contributed by atoms with Gasteiger partial charge >= 0.3 is 12.0 Å². The SMILES string of the molecule is COc1ccccc1NC(=O)N(CC(=O)O)C(C)(C)C. The zero-order valence-corrected chi connectivity index (χ0v) is 12.1. The summed E-state index contributed by atoms with van der Waals surface area (Å²) < 4.78 is 5.14. The van der Waals surface area contributed by atoms with Crippen LogP contribution in [0.15, 0.2) is 24.3 Å². The Kier molecular flexibility index (Phi) is 4.96. The number of ether oxygens (including phenoxy) is 1. The first kappa shape index (κ1) is 15.8. The van der Waals surface area contributed by atoms with Gasteiger partial charge in [0.1, 0.15) is 12.3 Å². The molecule has 2 amide bonds. The van der Waals surface area contributed by atoms with Gasteiger partial charge in [0, 0.05) is 5.54 Å². The maximum Gasteiger partial charge on any atom is 0.323 e. The Morgan fingerprint density at radius 1 is 1.30 bits per heavy atom. The van der Waals surface area contributed by atoms with E-state index in [1.807, 2.05) is 0 Å². The molecule has 0 atom stereocenters. The largest absolute Gasteiger partial charge is 0.495 e. The molecule has 1 aromatic rings. The number of rotatable bonds is 4. The molecule has 0 aliphatic rings. The highest BCUT2D eigenvalue weighted by atomic mass is 16.5. The summed E-state index contributed by atoms with van der Waals surface area (Å²) in [6.45, 7) is 4.96. The van der Waals surface area contributed by atoms with Crippen molar-refractivity contribution in [2.75, 3.05) is 19.0 Å². The van der Waals surface area contributed by atoms with Crippen LogP contribution in [0.2, 0.25) is 0 Å². The maximum atomic E-state index is 12.3. The quantitative estimate of drug-likeness (QED) is 0.887. The molecule has 0 spiro atoms. The molecule has 2 N–H and O–H groups in total. The van der Waals surface area contributed by atoms with Crippen LogP contribution in [0.1, 0.15) is 20.8 Å². The number of carbonyl (C=O) groups is 2. The lowest BCUT2D eigenvalue weighted by molar-refractivity contribution is -0.138. The summed E-state index contributed by atoms with van der Waals surface area (Å²) in [6, 6.07) is 6.47. The molecule has 6 nitrogen and oxygen atoms in total. The van der Waals surface area contributed by atoms with Crippen molar-refractivity contribution in [3.8, 4) is 5.75 Å². The topological polar surface area (TPSA) is 78.9 Å². The molecule has 0 aromatic heterocycles. The Morgan fingerprint density at radius 2 is 1.90 bits per heavy atom. The molecule has 1 rings (SSSR count). The molecule has 0 radical (unpaired) electrons. The van der Waals surface area contributed by atoms with Gasteiger partial charge in [0.2, 0.25) is 0 Å². The zero-order valence-electron chi connectivity index (χ0n) is 12.1. The first-order chi connectivity index (χ1) is 9.25. The number of benzene rings is 1. The minimum absolute atomic E-state index is 0.371. The third-order valence-electron chi connectivity index (χ3n) is 2.70. The molecule has 110 valence electrons. The monoisotopic (exact) mass is 280 g/mol. The van der Waals surface area contributed by atoms with Crippen molar-refractivity contribution in [1.82, 2.24) is 4.90 Å². The van der Waals surface area contributed by atoms with E-state index in [0.29, 0.717) is 11.4 Å². The van der Waals surface area contributed by atoms with Crippen LogP contribution in [-0.2, 0) is 4.79 Å². The highest BCUT2D eigenvalue weighted by molar-refractivity contribution is 5.93. The summed E-state index contributed by atoms with van der Waals surface area (Å²) in [5.41, 5.74) is -0.107. The standard InChI is InChI=1S/C14H20N2O4/c1-14(2,3)16(9-12(17)18)13(19)15-10-7-5-6-8-11(10)20-4/h5-8H,9H2,1-4H3,(H,15,19)(H,17,18). The van der Waals surface area contributed by atoms with E-state index in [1.54, 1.807) is 45.0 Å². The smallest absolute Gasteiger partial charge is 0.323 e. The van der Waals surface area contributed by atoms with Crippen molar-refractivity contribution in [3.05, 3.63) is 24.3 Å². The number of amides is 2. The number of aliphatic carboxylic acids is 1. The van der Waals surface area contributed by atoms with Crippen molar-refractivity contribution in [1.29, 1.82) is 0 Å². The number of para-hydroxylation sites is 2. The number of hydrogen-bond acceptors (Lipinski definition) is 3. The summed E-state index contributed by atoms with van der Waals surface area (Å²) in [5.74, 6) is -0.542. The predicted octanol–water partition coefficient (Wildman–Crippen LogP) is 2.41. The second-order valence-corrected chi connectivity index (χ2v) is 5.28. The molecule has 6 heteroatoms. The van der Waals surface area contributed by atoms with E-state index in [9.17, 15) is 9.59 Å². The molecule has 0 aliphatic heterocycles. The fraction of sp³-hybridized carbons (Fsp3) is 0.429. The minimum atomic E-state index is -1.06. The number of carbonyl (C=O) groups excluding carboxylic acids is 1. The first-order valence-electron chi connectivity index (χ1n) is 6.19. The third kappa shape index (κ3) is 4.15. The normalized spacial score (nSPS) is 10.8. The van der Waals surface area contributed by atoms with Gasteiger partial charge in [0.25, 0.3) is 0 Å². The molecule has 20 heavy (non-hydrogen) atoms. The van der Waals surface area contributed by atoms with Gasteiger partial charge in [-0.3, -0.25) is 4.79 Å². The molecule has 0 unspecified atom stereocenters. The molecule has 1 aromatic carbocycles. The van der Waals surface area contributed by atoms with Gasteiger partial charge in [-0.05, 0) is 32.9 Å². The number of anilines is 1. The van der Waals surface area contributed by atoms with Gasteiger partial charge in [-0.2, -0.15) is 0 Å². The van der Waals surface area contributed by atoms with Crippen LogP contribution in [-0.4, -0.2) is 41.2 Å². The Morgan fingerprint density at radius 3 is 2.40 bits per heavy atom. The average molecular weight is 280 g/mol. The van der Waals surface area contributed by atoms with E-state index in [4.69, 9.17) is 9.84 Å². The average Bonchev–Trinajstić information content (AvgIpc) is 2.35. The van der Waals surface area contributed by atoms with Crippen LogP contribution in [0.3, 0.4) is 0 Å². The molecule has 0 fully saturated rings. The van der Waals surface area contributed by atoms with E-state index >= 15 is 0 Å². The number of carboxylic acid groups (broad SMARTS) is 1. The van der Waals surface area contributed by atoms with Gasteiger partial charge in [-0.25, -0.2) is 4.79 Å².